The zero-order chi connectivity index (χ0) is 15.9. The van der Waals surface area contributed by atoms with Gasteiger partial charge >= 0.3 is 0 Å². The van der Waals surface area contributed by atoms with E-state index < -0.39 is 0 Å². The second-order valence-electron chi connectivity index (χ2n) is 5.85. The maximum Gasteiger partial charge on any atom is 0.139 e. The second-order valence-corrected chi connectivity index (χ2v) is 5.85. The van der Waals surface area contributed by atoms with Crippen LogP contribution in [0.3, 0.4) is 0 Å². The average Bonchev–Trinajstić information content (AvgIpc) is 2.51. The van der Waals surface area contributed by atoms with Gasteiger partial charge in [0.05, 0.1) is 13.2 Å². The standard InChI is InChI=1S/C17H24FNO3/c1-13(2)17(20)11-14-3-4-15(12-16(14)18)22-10-7-19-5-8-21-9-6-19/h3-4,12-13H,5-11H2,1-2H3. The third kappa shape index (κ3) is 5.07. The summed E-state index contributed by atoms with van der Waals surface area (Å²) in [5, 5.41) is 0. The van der Waals surface area contributed by atoms with Crippen LogP contribution in [0, 0.1) is 11.7 Å². The highest BCUT2D eigenvalue weighted by Crippen LogP contribution is 2.18. The van der Waals surface area contributed by atoms with Crippen molar-refractivity contribution in [2.24, 2.45) is 5.92 Å². The number of rotatable bonds is 7. The fraction of sp³-hybridized carbons (Fsp3) is 0.588. The summed E-state index contributed by atoms with van der Waals surface area (Å²) in [6.45, 7) is 8.30. The number of nitrogens with zero attached hydrogens (tertiary/aromatic N) is 1. The first-order valence-corrected chi connectivity index (χ1v) is 7.80. The Balaban J connectivity index is 1.82. The van der Waals surface area contributed by atoms with E-state index in [1.165, 1.54) is 6.07 Å². The number of carbonyl (C=O) groups is 1. The molecule has 1 fully saturated rings. The van der Waals surface area contributed by atoms with Crippen molar-refractivity contribution >= 4 is 5.78 Å². The van der Waals surface area contributed by atoms with Crippen LogP contribution in [0.1, 0.15) is 19.4 Å². The fourth-order valence-electron chi connectivity index (χ4n) is 2.27. The van der Waals surface area contributed by atoms with Gasteiger partial charge in [0.15, 0.2) is 0 Å². The SMILES string of the molecule is CC(C)C(=O)Cc1ccc(OCCN2CCOCC2)cc1F. The van der Waals surface area contributed by atoms with E-state index >= 15 is 0 Å². The molecule has 0 saturated carbocycles. The van der Waals surface area contributed by atoms with E-state index in [0.29, 0.717) is 17.9 Å². The molecule has 0 bridgehead atoms. The van der Waals surface area contributed by atoms with Crippen molar-refractivity contribution < 1.29 is 18.7 Å². The Labute approximate surface area is 131 Å². The largest absolute Gasteiger partial charge is 0.492 e. The first kappa shape index (κ1) is 16.9. The van der Waals surface area contributed by atoms with Gasteiger partial charge in [-0.25, -0.2) is 4.39 Å². The van der Waals surface area contributed by atoms with Crippen LogP contribution < -0.4 is 4.74 Å². The monoisotopic (exact) mass is 309 g/mol. The Morgan fingerprint density at radius 3 is 2.73 bits per heavy atom. The predicted octanol–water partition coefficient (Wildman–Crippen LogP) is 2.30. The van der Waals surface area contributed by atoms with E-state index in [4.69, 9.17) is 9.47 Å². The lowest BCUT2D eigenvalue weighted by molar-refractivity contribution is -0.121. The van der Waals surface area contributed by atoms with E-state index in [2.05, 4.69) is 4.90 Å². The molecule has 0 amide bonds. The van der Waals surface area contributed by atoms with Crippen LogP contribution in [0.4, 0.5) is 4.39 Å². The number of benzene rings is 1. The van der Waals surface area contributed by atoms with Crippen LogP contribution in [0.2, 0.25) is 0 Å². The first-order valence-electron chi connectivity index (χ1n) is 7.80. The van der Waals surface area contributed by atoms with Gasteiger partial charge in [-0.1, -0.05) is 19.9 Å². The lowest BCUT2D eigenvalue weighted by atomic mass is 10.0. The summed E-state index contributed by atoms with van der Waals surface area (Å²) < 4.78 is 24.9. The number of hydrogen-bond acceptors (Lipinski definition) is 4. The number of ether oxygens (including phenoxy) is 2. The normalized spacial score (nSPS) is 16.0. The minimum atomic E-state index is -0.377. The van der Waals surface area contributed by atoms with Crippen LogP contribution in [-0.4, -0.2) is 50.1 Å². The van der Waals surface area contributed by atoms with Crippen molar-refractivity contribution in [1.29, 1.82) is 0 Å². The lowest BCUT2D eigenvalue weighted by Gasteiger charge is -2.26. The predicted molar refractivity (Wildman–Crippen MR) is 82.7 cm³/mol. The minimum absolute atomic E-state index is 0.0416. The molecular formula is C17H24FNO3. The van der Waals surface area contributed by atoms with Gasteiger partial charge in [-0.05, 0) is 11.6 Å². The Morgan fingerprint density at radius 2 is 2.09 bits per heavy atom. The van der Waals surface area contributed by atoms with Gasteiger partial charge in [0.2, 0.25) is 0 Å². The smallest absolute Gasteiger partial charge is 0.139 e. The molecule has 0 N–H and O–H groups in total. The molecule has 122 valence electrons. The zero-order valence-corrected chi connectivity index (χ0v) is 13.3. The molecule has 0 aromatic heterocycles. The van der Waals surface area contributed by atoms with Gasteiger partial charge in [-0.2, -0.15) is 0 Å². The van der Waals surface area contributed by atoms with Crippen molar-refractivity contribution in [3.63, 3.8) is 0 Å². The van der Waals surface area contributed by atoms with Gasteiger partial charge < -0.3 is 9.47 Å². The molecule has 0 spiro atoms. The van der Waals surface area contributed by atoms with Crippen molar-refractivity contribution in [2.75, 3.05) is 39.5 Å². The molecule has 0 radical (unpaired) electrons. The van der Waals surface area contributed by atoms with Crippen molar-refractivity contribution in [3.8, 4) is 5.75 Å². The van der Waals surface area contributed by atoms with Crippen LogP contribution in [0.25, 0.3) is 0 Å². The van der Waals surface area contributed by atoms with E-state index in [-0.39, 0.29) is 23.9 Å². The topological polar surface area (TPSA) is 38.8 Å². The Morgan fingerprint density at radius 1 is 1.36 bits per heavy atom. The molecule has 0 aliphatic carbocycles. The van der Waals surface area contributed by atoms with E-state index in [0.717, 1.165) is 32.8 Å². The highest BCUT2D eigenvalue weighted by molar-refractivity contribution is 5.82. The quantitative estimate of drug-likeness (QED) is 0.775. The molecule has 0 atom stereocenters. The summed E-state index contributed by atoms with van der Waals surface area (Å²) in [7, 11) is 0. The molecule has 5 heteroatoms. The minimum Gasteiger partial charge on any atom is -0.492 e. The van der Waals surface area contributed by atoms with E-state index in [1.54, 1.807) is 12.1 Å². The summed E-state index contributed by atoms with van der Waals surface area (Å²) in [5.74, 6) is 0.0908. The Bertz CT molecular complexity index is 499. The molecule has 1 aliphatic heterocycles. The molecule has 1 heterocycles. The third-order valence-electron chi connectivity index (χ3n) is 3.81. The summed E-state index contributed by atoms with van der Waals surface area (Å²) in [6, 6.07) is 4.73. The lowest BCUT2D eigenvalue weighted by Crippen LogP contribution is -2.38. The number of halogens is 1. The highest BCUT2D eigenvalue weighted by Gasteiger charge is 2.13. The second kappa shape index (κ2) is 8.25. The van der Waals surface area contributed by atoms with Gasteiger partial charge in [-0.15, -0.1) is 0 Å². The van der Waals surface area contributed by atoms with Crippen molar-refractivity contribution in [2.45, 2.75) is 20.3 Å². The summed E-state index contributed by atoms with van der Waals surface area (Å²) >= 11 is 0. The molecule has 2 rings (SSSR count). The van der Waals surface area contributed by atoms with Gasteiger partial charge in [0.1, 0.15) is 24.0 Å². The van der Waals surface area contributed by atoms with Crippen LogP contribution in [0.15, 0.2) is 18.2 Å². The molecule has 4 nitrogen and oxygen atoms in total. The molecule has 1 aliphatic rings. The molecule has 0 unspecified atom stereocenters. The zero-order valence-electron chi connectivity index (χ0n) is 13.3. The molecule has 22 heavy (non-hydrogen) atoms. The molecule has 1 aromatic rings. The van der Waals surface area contributed by atoms with Gasteiger partial charge in [-0.3, -0.25) is 9.69 Å². The molecule has 1 aromatic carbocycles. The number of morpholine rings is 1. The maximum absolute atomic E-state index is 14.0. The maximum atomic E-state index is 14.0. The average molecular weight is 309 g/mol. The fourth-order valence-corrected chi connectivity index (χ4v) is 2.27. The van der Waals surface area contributed by atoms with Crippen LogP contribution in [0.5, 0.6) is 5.75 Å². The summed E-state index contributed by atoms with van der Waals surface area (Å²) in [6.07, 6.45) is 0.136. The van der Waals surface area contributed by atoms with Gasteiger partial charge in [0.25, 0.3) is 0 Å². The first-order chi connectivity index (χ1) is 10.6. The van der Waals surface area contributed by atoms with Crippen molar-refractivity contribution in [3.05, 3.63) is 29.6 Å². The summed E-state index contributed by atoms with van der Waals surface area (Å²) in [5.41, 5.74) is 0.430. The summed E-state index contributed by atoms with van der Waals surface area (Å²) in [4.78, 5) is 13.9. The van der Waals surface area contributed by atoms with Gasteiger partial charge in [0, 0.05) is 38.0 Å². The third-order valence-corrected chi connectivity index (χ3v) is 3.81. The molecule has 1 saturated heterocycles. The Kier molecular flexibility index (Phi) is 6.34. The Hall–Kier alpha value is -1.46. The van der Waals surface area contributed by atoms with Crippen LogP contribution in [-0.2, 0) is 16.0 Å². The number of hydrogen-bond donors (Lipinski definition) is 0. The number of Topliss-reactive ketones (excluding diaryl/α,β-unsaturated/α-hetero) is 1. The number of ketones is 1. The highest BCUT2D eigenvalue weighted by atomic mass is 19.1. The van der Waals surface area contributed by atoms with E-state index in [9.17, 15) is 9.18 Å². The van der Waals surface area contributed by atoms with E-state index in [1.807, 2.05) is 13.8 Å². The number of carbonyl (C=O) groups excluding carboxylic acids is 1. The van der Waals surface area contributed by atoms with Crippen LogP contribution >= 0.6 is 0 Å². The molecular weight excluding hydrogens is 285 g/mol. The van der Waals surface area contributed by atoms with Crippen molar-refractivity contribution in [1.82, 2.24) is 4.90 Å².